The maximum Gasteiger partial charge on any atom is 0.211 e. The van der Waals surface area contributed by atoms with Gasteiger partial charge in [0.05, 0.1) is 16.0 Å². The molecule has 1 unspecified atom stereocenters. The molecule has 2 aliphatic rings. The molecular weight excluding hydrogens is 552 g/mol. The molecule has 9 nitrogen and oxygen atoms in total. The number of nitrogens with one attached hydrogen (secondary N) is 1. The summed E-state index contributed by atoms with van der Waals surface area (Å²) in [6.07, 6.45) is 11.8. The Hall–Kier alpha value is -2.57. The lowest BCUT2D eigenvalue weighted by atomic mass is 9.73. The molecule has 204 valence electrons. The van der Waals surface area contributed by atoms with Gasteiger partial charge in [-0.1, -0.05) is 29.4 Å². The number of rotatable bonds is 5. The van der Waals surface area contributed by atoms with Crippen molar-refractivity contribution < 1.29 is 4.55 Å². The highest BCUT2D eigenvalue weighted by Crippen LogP contribution is 2.52. The molecule has 4 aromatic heterocycles. The zero-order chi connectivity index (χ0) is 27.4. The molecule has 0 radical (unpaired) electrons. The number of hydrogen-bond donors (Lipinski definition) is 2. The highest BCUT2D eigenvalue weighted by molar-refractivity contribution is 7.99. The molecule has 39 heavy (non-hydrogen) atoms. The van der Waals surface area contributed by atoms with Gasteiger partial charge in [0.2, 0.25) is 5.95 Å². The number of halogens is 1. The van der Waals surface area contributed by atoms with Crippen LogP contribution >= 0.6 is 23.4 Å². The van der Waals surface area contributed by atoms with Crippen molar-refractivity contribution in [2.45, 2.75) is 60.6 Å². The molecule has 2 atom stereocenters. The molecular formula is C27H31ClN8OS2. The lowest BCUT2D eigenvalue weighted by Crippen LogP contribution is -2.50. The number of pyridine rings is 2. The van der Waals surface area contributed by atoms with Gasteiger partial charge < -0.3 is 15.2 Å². The average molecular weight is 583 g/mol. The summed E-state index contributed by atoms with van der Waals surface area (Å²) >= 11 is 6.68. The van der Waals surface area contributed by atoms with E-state index in [1.165, 1.54) is 17.3 Å². The average Bonchev–Trinajstić information content (AvgIpc) is 3.51. The quantitative estimate of drug-likeness (QED) is 0.318. The molecule has 1 spiro atoms. The van der Waals surface area contributed by atoms with Crippen molar-refractivity contribution in [1.29, 1.82) is 0 Å². The summed E-state index contributed by atoms with van der Waals surface area (Å²) in [6.45, 7) is 7.67. The molecule has 6 rings (SSSR count). The zero-order valence-electron chi connectivity index (χ0n) is 22.1. The fourth-order valence-electron chi connectivity index (χ4n) is 5.54. The summed E-state index contributed by atoms with van der Waals surface area (Å²) in [4.78, 5) is 22.2. The fraction of sp³-hybridized carbons (Fsp3) is 0.407. The number of nitrogens with zero attached hydrogens (tertiary/aromatic N) is 6. The topological polar surface area (TPSA) is 120 Å². The number of anilines is 2. The van der Waals surface area contributed by atoms with Gasteiger partial charge in [-0.3, -0.25) is 9.38 Å². The predicted molar refractivity (Wildman–Crippen MR) is 156 cm³/mol. The summed E-state index contributed by atoms with van der Waals surface area (Å²) in [6, 6.07) is 5.96. The standard InChI is InChI=1S/C27H31ClN8OS2/c1-26(2,3)39(37)34-22-17-5-4-9-30-18(17)15-27(22)7-12-35(13-8-27)25-33-16-20(24-32-11-14-36(24)25)38-19-6-10-31-23(29)21(19)28/h4-6,9-11,14,16,22,34H,7-8,12-13,15H2,1-3H3,(H2,29,31)/t22-,39?/m0/s1. The first kappa shape index (κ1) is 26.6. The van der Waals surface area contributed by atoms with Gasteiger partial charge in [-0.15, -0.1) is 4.72 Å². The van der Waals surface area contributed by atoms with E-state index in [1.807, 2.05) is 55.9 Å². The van der Waals surface area contributed by atoms with E-state index in [0.29, 0.717) is 10.8 Å². The van der Waals surface area contributed by atoms with Crippen molar-refractivity contribution >= 4 is 52.1 Å². The van der Waals surface area contributed by atoms with E-state index in [4.69, 9.17) is 27.3 Å². The maximum atomic E-state index is 13.2. The second-order valence-electron chi connectivity index (χ2n) is 11.2. The summed E-state index contributed by atoms with van der Waals surface area (Å²) in [5, 5.41) is 0.431. The third-order valence-electron chi connectivity index (χ3n) is 7.67. The highest BCUT2D eigenvalue weighted by atomic mass is 35.5. The van der Waals surface area contributed by atoms with Gasteiger partial charge >= 0.3 is 0 Å². The van der Waals surface area contributed by atoms with Crippen molar-refractivity contribution in [3.05, 3.63) is 65.5 Å². The lowest BCUT2D eigenvalue weighted by Gasteiger charge is -2.44. The third-order valence-corrected chi connectivity index (χ3v) is 10.8. The molecule has 0 amide bonds. The second-order valence-corrected chi connectivity index (χ2v) is 14.6. The van der Waals surface area contributed by atoms with Crippen molar-refractivity contribution in [1.82, 2.24) is 29.1 Å². The number of piperidine rings is 1. The Morgan fingerprint density at radius 3 is 2.67 bits per heavy atom. The van der Waals surface area contributed by atoms with Crippen LogP contribution < -0.4 is 15.4 Å². The maximum absolute atomic E-state index is 13.2. The van der Waals surface area contributed by atoms with E-state index in [9.17, 15) is 4.55 Å². The smallest absolute Gasteiger partial charge is 0.211 e. The Balaban J connectivity index is 1.25. The van der Waals surface area contributed by atoms with Gasteiger partial charge in [0.1, 0.15) is 10.6 Å². The molecule has 0 aromatic carbocycles. The molecule has 12 heteroatoms. The van der Waals surface area contributed by atoms with Crippen LogP contribution in [0.15, 0.2) is 59.0 Å². The minimum atomic E-state index is -1.18. The lowest BCUT2D eigenvalue weighted by molar-refractivity contribution is 0.175. The van der Waals surface area contributed by atoms with Crippen molar-refractivity contribution in [2.75, 3.05) is 23.7 Å². The Labute approximate surface area is 240 Å². The largest absolute Gasteiger partial charge is 0.598 e. The second kappa shape index (κ2) is 10.1. The van der Waals surface area contributed by atoms with E-state index in [2.05, 4.69) is 25.7 Å². The predicted octanol–water partition coefficient (Wildman–Crippen LogP) is 4.84. The first-order valence-corrected chi connectivity index (χ1v) is 15.3. The normalized spacial score (nSPS) is 19.5. The number of aromatic nitrogens is 5. The van der Waals surface area contributed by atoms with Crippen LogP contribution in [0.3, 0.4) is 0 Å². The summed E-state index contributed by atoms with van der Waals surface area (Å²) in [5.41, 5.74) is 8.96. The van der Waals surface area contributed by atoms with Gasteiger partial charge in [-0.25, -0.2) is 15.0 Å². The summed E-state index contributed by atoms with van der Waals surface area (Å²) < 4.78 is 18.4. The van der Waals surface area contributed by atoms with Crippen LogP contribution in [0, 0.1) is 5.41 Å². The van der Waals surface area contributed by atoms with Crippen molar-refractivity contribution in [3.8, 4) is 0 Å². The molecule has 0 bridgehead atoms. The number of imidazole rings is 1. The van der Waals surface area contributed by atoms with E-state index >= 15 is 0 Å². The zero-order valence-corrected chi connectivity index (χ0v) is 24.5. The first-order valence-electron chi connectivity index (χ1n) is 12.9. The number of hydrogen-bond acceptors (Lipinski definition) is 9. The van der Waals surface area contributed by atoms with Crippen LogP contribution in [0.2, 0.25) is 5.02 Å². The molecule has 5 heterocycles. The van der Waals surface area contributed by atoms with E-state index < -0.39 is 11.4 Å². The monoisotopic (exact) mass is 582 g/mol. The van der Waals surface area contributed by atoms with E-state index in [1.54, 1.807) is 12.4 Å². The van der Waals surface area contributed by atoms with Crippen LogP contribution in [0.4, 0.5) is 11.8 Å². The van der Waals surface area contributed by atoms with E-state index in [-0.39, 0.29) is 16.2 Å². The summed E-state index contributed by atoms with van der Waals surface area (Å²) in [7, 11) is 0. The van der Waals surface area contributed by atoms with Gasteiger partial charge in [0.15, 0.2) is 5.65 Å². The van der Waals surface area contributed by atoms with Crippen LogP contribution in [0.1, 0.15) is 50.9 Å². The SMILES string of the molecule is CC(C)(C)[S+]([O-])N[C@H]1c2cccnc2CC12CCN(c1ncc(Sc3ccnc(N)c3Cl)c3nccn13)CC2. The molecule has 4 aromatic rings. The summed E-state index contributed by atoms with van der Waals surface area (Å²) in [5.74, 6) is 1.16. The molecule has 3 N–H and O–H groups in total. The number of fused-ring (bicyclic) bond motifs is 2. The fourth-order valence-corrected chi connectivity index (χ4v) is 7.62. The molecule has 1 aliphatic carbocycles. The number of nitrogen functional groups attached to an aromatic ring is 1. The minimum absolute atomic E-state index is 0.000884. The van der Waals surface area contributed by atoms with Crippen LogP contribution in [0.5, 0.6) is 0 Å². The van der Waals surface area contributed by atoms with Crippen LogP contribution in [-0.4, -0.2) is 46.7 Å². The van der Waals surface area contributed by atoms with Gasteiger partial charge in [0, 0.05) is 71.4 Å². The number of nitrogens with two attached hydrogens (primary N) is 1. The third kappa shape index (κ3) is 4.84. The first-order chi connectivity index (χ1) is 18.7. The Morgan fingerprint density at radius 2 is 1.90 bits per heavy atom. The highest BCUT2D eigenvalue weighted by Gasteiger charge is 2.51. The van der Waals surface area contributed by atoms with Crippen molar-refractivity contribution in [3.63, 3.8) is 0 Å². The Kier molecular flexibility index (Phi) is 6.91. The Bertz CT molecular complexity index is 1520. The molecule has 1 saturated heterocycles. The van der Waals surface area contributed by atoms with Crippen LogP contribution in [0.25, 0.3) is 5.65 Å². The van der Waals surface area contributed by atoms with Gasteiger partial charge in [0.25, 0.3) is 0 Å². The Morgan fingerprint density at radius 1 is 1.10 bits per heavy atom. The van der Waals surface area contributed by atoms with Gasteiger partial charge in [-0.05, 0) is 57.7 Å². The molecule has 1 fully saturated rings. The van der Waals surface area contributed by atoms with Crippen molar-refractivity contribution in [2.24, 2.45) is 5.41 Å². The molecule has 1 aliphatic heterocycles. The van der Waals surface area contributed by atoms with E-state index in [0.717, 1.165) is 59.4 Å². The minimum Gasteiger partial charge on any atom is -0.598 e. The van der Waals surface area contributed by atoms with Crippen LogP contribution in [-0.2, 0) is 17.8 Å². The van der Waals surface area contributed by atoms with Gasteiger partial charge in [-0.2, -0.15) is 0 Å². The molecule has 0 saturated carbocycles.